The molecule has 3 aromatic carbocycles. The van der Waals surface area contributed by atoms with Gasteiger partial charge in [-0.15, -0.1) is 0 Å². The highest BCUT2D eigenvalue weighted by molar-refractivity contribution is 5.97. The van der Waals surface area contributed by atoms with Crippen molar-refractivity contribution in [1.29, 1.82) is 0 Å². The van der Waals surface area contributed by atoms with E-state index >= 15 is 0 Å². The normalized spacial score (nSPS) is 10.2. The molecular formula is C22H19NO5. The van der Waals surface area contributed by atoms with Gasteiger partial charge in [0, 0.05) is 5.69 Å². The molecule has 6 nitrogen and oxygen atoms in total. The molecule has 28 heavy (non-hydrogen) atoms. The quantitative estimate of drug-likeness (QED) is 0.626. The molecule has 0 unspecified atom stereocenters. The summed E-state index contributed by atoms with van der Waals surface area (Å²) in [5, 5.41) is 12.5. The summed E-state index contributed by atoms with van der Waals surface area (Å²) in [5.74, 6) is -0.0572. The minimum Gasteiger partial charge on any atom is -0.507 e. The minimum atomic E-state index is -0.761. The predicted molar refractivity (Wildman–Crippen MR) is 105 cm³/mol. The number of rotatable bonds is 6. The smallest absolute Gasteiger partial charge is 0.342 e. The molecule has 6 heteroatoms. The second kappa shape index (κ2) is 8.73. The Morgan fingerprint density at radius 3 is 2.29 bits per heavy atom. The third-order valence-corrected chi connectivity index (χ3v) is 3.91. The number of aryl methyl sites for hydroxylation is 1. The number of carbonyl (C=O) groups excluding carboxylic acids is 2. The highest BCUT2D eigenvalue weighted by Crippen LogP contribution is 2.23. The molecular weight excluding hydrogens is 358 g/mol. The molecule has 0 saturated carbocycles. The van der Waals surface area contributed by atoms with Gasteiger partial charge in [-0.2, -0.15) is 0 Å². The first-order valence-corrected chi connectivity index (χ1v) is 8.61. The van der Waals surface area contributed by atoms with E-state index in [1.807, 2.05) is 30.3 Å². The number of esters is 1. The zero-order chi connectivity index (χ0) is 19.9. The zero-order valence-electron chi connectivity index (χ0n) is 15.2. The Morgan fingerprint density at radius 1 is 0.893 bits per heavy atom. The van der Waals surface area contributed by atoms with E-state index in [1.165, 1.54) is 6.07 Å². The SMILES string of the molecule is Cc1cccc(C(=O)OCC(=O)Nc2ccc(Oc3ccccc3)cc2)c1O. The van der Waals surface area contributed by atoms with Gasteiger partial charge in [0.1, 0.15) is 22.8 Å². The summed E-state index contributed by atoms with van der Waals surface area (Å²) in [7, 11) is 0. The van der Waals surface area contributed by atoms with E-state index in [1.54, 1.807) is 43.3 Å². The van der Waals surface area contributed by atoms with Crippen molar-refractivity contribution in [3.8, 4) is 17.2 Å². The second-order valence-electron chi connectivity index (χ2n) is 6.03. The predicted octanol–water partition coefficient (Wildman–Crippen LogP) is 4.29. The fourth-order valence-corrected chi connectivity index (χ4v) is 2.46. The average Bonchev–Trinajstić information content (AvgIpc) is 2.70. The molecule has 0 aliphatic carbocycles. The van der Waals surface area contributed by atoms with Crippen LogP contribution in [-0.2, 0) is 9.53 Å². The van der Waals surface area contributed by atoms with Crippen LogP contribution < -0.4 is 10.1 Å². The number of anilines is 1. The van der Waals surface area contributed by atoms with E-state index in [0.717, 1.165) is 0 Å². The van der Waals surface area contributed by atoms with Crippen LogP contribution in [0, 0.1) is 6.92 Å². The van der Waals surface area contributed by atoms with Crippen molar-refractivity contribution in [2.45, 2.75) is 6.92 Å². The number of para-hydroxylation sites is 2. The van der Waals surface area contributed by atoms with Crippen LogP contribution in [0.2, 0.25) is 0 Å². The monoisotopic (exact) mass is 377 g/mol. The second-order valence-corrected chi connectivity index (χ2v) is 6.03. The van der Waals surface area contributed by atoms with Crippen molar-refractivity contribution >= 4 is 17.6 Å². The van der Waals surface area contributed by atoms with Gasteiger partial charge in [0.2, 0.25) is 0 Å². The van der Waals surface area contributed by atoms with E-state index < -0.39 is 18.5 Å². The third kappa shape index (κ3) is 4.88. The molecule has 0 aromatic heterocycles. The third-order valence-electron chi connectivity index (χ3n) is 3.91. The van der Waals surface area contributed by atoms with Gasteiger partial charge in [-0.05, 0) is 55.0 Å². The molecule has 2 N–H and O–H groups in total. The molecule has 0 aliphatic heterocycles. The Kier molecular flexibility index (Phi) is 5.91. The lowest BCUT2D eigenvalue weighted by molar-refractivity contribution is -0.119. The summed E-state index contributed by atoms with van der Waals surface area (Å²) < 4.78 is 10.6. The maximum absolute atomic E-state index is 12.0. The van der Waals surface area contributed by atoms with Crippen LogP contribution in [0.1, 0.15) is 15.9 Å². The first-order valence-electron chi connectivity index (χ1n) is 8.61. The fraction of sp³-hybridized carbons (Fsp3) is 0.0909. The minimum absolute atomic E-state index is 0.0233. The van der Waals surface area contributed by atoms with Gasteiger partial charge < -0.3 is 19.9 Å². The van der Waals surface area contributed by atoms with Gasteiger partial charge in [-0.1, -0.05) is 30.3 Å². The van der Waals surface area contributed by atoms with Crippen molar-refractivity contribution < 1.29 is 24.2 Å². The number of benzene rings is 3. The fourth-order valence-electron chi connectivity index (χ4n) is 2.46. The van der Waals surface area contributed by atoms with Gasteiger partial charge in [-0.3, -0.25) is 4.79 Å². The standard InChI is InChI=1S/C22H19NO5/c1-15-6-5-9-19(21(15)25)22(26)27-14-20(24)23-16-10-12-18(13-11-16)28-17-7-3-2-4-8-17/h2-13,25H,14H2,1H3,(H,23,24). The van der Waals surface area contributed by atoms with Crippen LogP contribution in [-0.4, -0.2) is 23.6 Å². The number of carbonyl (C=O) groups is 2. The highest BCUT2D eigenvalue weighted by atomic mass is 16.5. The molecule has 0 atom stereocenters. The van der Waals surface area contributed by atoms with Crippen LogP contribution in [0.15, 0.2) is 72.8 Å². The van der Waals surface area contributed by atoms with Crippen LogP contribution in [0.4, 0.5) is 5.69 Å². The highest BCUT2D eigenvalue weighted by Gasteiger charge is 2.15. The molecule has 142 valence electrons. The average molecular weight is 377 g/mol. The molecule has 0 radical (unpaired) electrons. The molecule has 0 fully saturated rings. The summed E-state index contributed by atoms with van der Waals surface area (Å²) in [5.41, 5.74) is 1.12. The Labute approximate surface area is 162 Å². The summed E-state index contributed by atoms with van der Waals surface area (Å²) in [4.78, 5) is 24.0. The first kappa shape index (κ1) is 19.0. The number of ether oxygens (including phenoxy) is 2. The molecule has 0 bridgehead atoms. The number of amides is 1. The number of aromatic hydroxyl groups is 1. The number of nitrogens with one attached hydrogen (secondary N) is 1. The number of phenols is 1. The lowest BCUT2D eigenvalue weighted by Gasteiger charge is -2.09. The maximum Gasteiger partial charge on any atom is 0.342 e. The summed E-state index contributed by atoms with van der Waals surface area (Å²) in [6.45, 7) is 1.21. The number of hydrogen-bond acceptors (Lipinski definition) is 5. The van der Waals surface area contributed by atoms with Crippen molar-refractivity contribution in [3.63, 3.8) is 0 Å². The Balaban J connectivity index is 1.52. The molecule has 3 rings (SSSR count). The van der Waals surface area contributed by atoms with Crippen LogP contribution in [0.5, 0.6) is 17.2 Å². The molecule has 0 heterocycles. The van der Waals surface area contributed by atoms with Gasteiger partial charge in [-0.25, -0.2) is 4.79 Å². The van der Waals surface area contributed by atoms with Gasteiger partial charge >= 0.3 is 5.97 Å². The first-order chi connectivity index (χ1) is 13.5. The molecule has 3 aromatic rings. The maximum atomic E-state index is 12.0. The van der Waals surface area contributed by atoms with Gasteiger partial charge in [0.05, 0.1) is 0 Å². The molecule has 0 aliphatic rings. The molecule has 0 saturated heterocycles. The molecule has 0 spiro atoms. The van der Waals surface area contributed by atoms with Crippen molar-refractivity contribution in [2.75, 3.05) is 11.9 Å². The van der Waals surface area contributed by atoms with Crippen molar-refractivity contribution in [1.82, 2.24) is 0 Å². The Hall–Kier alpha value is -3.80. The number of hydrogen-bond donors (Lipinski definition) is 2. The molecule has 1 amide bonds. The Morgan fingerprint density at radius 2 is 1.57 bits per heavy atom. The van der Waals surface area contributed by atoms with E-state index in [9.17, 15) is 14.7 Å². The van der Waals surface area contributed by atoms with E-state index in [0.29, 0.717) is 22.7 Å². The van der Waals surface area contributed by atoms with Gasteiger partial charge in [0.25, 0.3) is 5.91 Å². The van der Waals surface area contributed by atoms with Crippen LogP contribution in [0.3, 0.4) is 0 Å². The van der Waals surface area contributed by atoms with Crippen LogP contribution in [0.25, 0.3) is 0 Å². The summed E-state index contributed by atoms with van der Waals surface area (Å²) in [6, 6.07) is 20.9. The van der Waals surface area contributed by atoms with Gasteiger partial charge in [0.15, 0.2) is 6.61 Å². The lowest BCUT2D eigenvalue weighted by Crippen LogP contribution is -2.21. The lowest BCUT2D eigenvalue weighted by atomic mass is 10.1. The van der Waals surface area contributed by atoms with Crippen molar-refractivity contribution in [2.24, 2.45) is 0 Å². The summed E-state index contributed by atoms with van der Waals surface area (Å²) >= 11 is 0. The Bertz CT molecular complexity index is 968. The summed E-state index contributed by atoms with van der Waals surface area (Å²) in [6.07, 6.45) is 0. The van der Waals surface area contributed by atoms with E-state index in [2.05, 4.69) is 5.32 Å². The van der Waals surface area contributed by atoms with E-state index in [4.69, 9.17) is 9.47 Å². The topological polar surface area (TPSA) is 84.9 Å². The van der Waals surface area contributed by atoms with Crippen LogP contribution >= 0.6 is 0 Å². The largest absolute Gasteiger partial charge is 0.507 e. The van der Waals surface area contributed by atoms with Crippen molar-refractivity contribution in [3.05, 3.63) is 83.9 Å². The zero-order valence-corrected chi connectivity index (χ0v) is 15.2. The number of phenolic OH excluding ortho intramolecular Hbond substituents is 1. The van der Waals surface area contributed by atoms with E-state index in [-0.39, 0.29) is 11.3 Å².